The summed E-state index contributed by atoms with van der Waals surface area (Å²) in [4.78, 5) is 27.4. The van der Waals surface area contributed by atoms with Gasteiger partial charge in [0, 0.05) is 67.5 Å². The number of anilines is 1. The Hall–Kier alpha value is -4.19. The third-order valence-electron chi connectivity index (χ3n) is 9.01. The number of hydrogen-bond donors (Lipinski definition) is 1. The van der Waals surface area contributed by atoms with E-state index in [1.54, 1.807) is 48.3 Å². The lowest BCUT2D eigenvalue weighted by atomic mass is 9.85. The molecule has 4 heterocycles. The number of para-hydroxylation sites is 1. The molecule has 4 aromatic rings. The molecule has 3 aromatic heterocycles. The molecular formula is C30H28F3N5O4. The van der Waals surface area contributed by atoms with Crippen LogP contribution in [0, 0.1) is 23.6 Å². The molecule has 12 heteroatoms. The number of carboxylic acids is 1. The number of halogens is 3. The summed E-state index contributed by atoms with van der Waals surface area (Å²) in [6.07, 6.45) is 6.58. The highest BCUT2D eigenvalue weighted by Crippen LogP contribution is 2.48. The number of rotatable bonds is 7. The molecule has 2 bridgehead atoms. The largest absolute Gasteiger partial charge is 0.481 e. The second-order valence-corrected chi connectivity index (χ2v) is 11.2. The van der Waals surface area contributed by atoms with Crippen LogP contribution < -0.4 is 9.64 Å². The van der Waals surface area contributed by atoms with Gasteiger partial charge in [-0.3, -0.25) is 4.79 Å². The summed E-state index contributed by atoms with van der Waals surface area (Å²) in [5.74, 6) is -1.26. The molecule has 1 N–H and O–H groups in total. The van der Waals surface area contributed by atoms with Crippen LogP contribution >= 0.6 is 0 Å². The third kappa shape index (κ3) is 4.36. The summed E-state index contributed by atoms with van der Waals surface area (Å²) < 4.78 is 54.1. The fraction of sp³-hybridized carbons (Fsp3) is 0.400. The first-order valence-electron chi connectivity index (χ1n) is 13.9. The number of imidazole rings is 1. The minimum atomic E-state index is -2.98. The summed E-state index contributed by atoms with van der Waals surface area (Å²) in [7, 11) is 1.56. The Balaban J connectivity index is 1.24. The van der Waals surface area contributed by atoms with Crippen molar-refractivity contribution in [2.45, 2.75) is 37.9 Å². The van der Waals surface area contributed by atoms with Gasteiger partial charge in [0.2, 0.25) is 5.95 Å². The minimum absolute atomic E-state index is 0.0628. The van der Waals surface area contributed by atoms with Crippen LogP contribution in [-0.4, -0.2) is 57.2 Å². The maximum atomic E-state index is 15.5. The van der Waals surface area contributed by atoms with Gasteiger partial charge in [-0.1, -0.05) is 18.2 Å². The van der Waals surface area contributed by atoms with Gasteiger partial charge in [0.25, 0.3) is 0 Å². The van der Waals surface area contributed by atoms with Gasteiger partial charge in [0.05, 0.1) is 17.3 Å². The second-order valence-electron chi connectivity index (χ2n) is 11.2. The number of aromatic nitrogens is 4. The van der Waals surface area contributed by atoms with Crippen LogP contribution in [0.3, 0.4) is 0 Å². The number of hydrogen-bond acceptors (Lipinski definition) is 7. The fourth-order valence-corrected chi connectivity index (χ4v) is 7.20. The van der Waals surface area contributed by atoms with Crippen LogP contribution in [0.1, 0.15) is 48.2 Å². The quantitative estimate of drug-likeness (QED) is 0.315. The molecule has 2 unspecified atom stereocenters. The molecule has 2 aliphatic carbocycles. The van der Waals surface area contributed by atoms with Crippen molar-refractivity contribution in [3.8, 4) is 16.9 Å². The van der Waals surface area contributed by atoms with E-state index in [-0.39, 0.29) is 35.0 Å². The van der Waals surface area contributed by atoms with E-state index >= 15 is 4.39 Å². The molecule has 4 atom stereocenters. The highest BCUT2D eigenvalue weighted by molar-refractivity contribution is 5.72. The Morgan fingerprint density at radius 3 is 2.50 bits per heavy atom. The number of alkyl halides is 2. The molecule has 1 saturated carbocycles. The van der Waals surface area contributed by atoms with Crippen molar-refractivity contribution in [1.82, 2.24) is 19.4 Å². The van der Waals surface area contributed by atoms with E-state index in [1.165, 1.54) is 12.1 Å². The van der Waals surface area contributed by atoms with Crippen LogP contribution in [0.2, 0.25) is 0 Å². The molecule has 2 fully saturated rings. The zero-order chi connectivity index (χ0) is 29.1. The maximum absolute atomic E-state index is 15.5. The van der Waals surface area contributed by atoms with E-state index in [1.807, 2.05) is 4.90 Å². The number of pyridine rings is 1. The zero-order valence-corrected chi connectivity index (χ0v) is 22.7. The van der Waals surface area contributed by atoms with Gasteiger partial charge in [-0.2, -0.15) is 8.78 Å². The Morgan fingerprint density at radius 1 is 1.12 bits per heavy atom. The average Bonchev–Trinajstić information content (AvgIpc) is 3.60. The summed E-state index contributed by atoms with van der Waals surface area (Å²) in [6, 6.07) is 7.98. The van der Waals surface area contributed by atoms with Crippen molar-refractivity contribution in [1.29, 1.82) is 0 Å². The Labute approximate surface area is 238 Å². The number of carbonyl (C=O) groups is 1. The van der Waals surface area contributed by atoms with Gasteiger partial charge in [0.15, 0.2) is 0 Å². The van der Waals surface area contributed by atoms with E-state index in [4.69, 9.17) is 9.47 Å². The molecule has 0 amide bonds. The molecule has 0 spiro atoms. The molecule has 9 nitrogen and oxygen atoms in total. The fourth-order valence-electron chi connectivity index (χ4n) is 7.20. The smallest absolute Gasteiger partial charge is 0.387 e. The Bertz CT molecular complexity index is 1650. The summed E-state index contributed by atoms with van der Waals surface area (Å²) in [6.45, 7) is -1.82. The first-order chi connectivity index (χ1) is 20.3. The lowest BCUT2D eigenvalue weighted by Crippen LogP contribution is -2.45. The summed E-state index contributed by atoms with van der Waals surface area (Å²) >= 11 is 0. The molecule has 7 rings (SSSR count). The number of nitrogens with zero attached hydrogens (tertiary/aromatic N) is 5. The van der Waals surface area contributed by atoms with Gasteiger partial charge in [0.1, 0.15) is 23.3 Å². The molecule has 1 aliphatic heterocycles. The Kier molecular flexibility index (Phi) is 6.52. The monoisotopic (exact) mass is 579 g/mol. The number of methoxy groups -OCH3 is 1. The summed E-state index contributed by atoms with van der Waals surface area (Å²) in [5, 5.41) is 9.61. The number of carboxylic acid groups (broad SMARTS) is 1. The average molecular weight is 580 g/mol. The lowest BCUT2D eigenvalue weighted by molar-refractivity contribution is -0.144. The number of piperidine rings is 1. The van der Waals surface area contributed by atoms with Crippen LogP contribution in [0.5, 0.6) is 5.75 Å². The normalized spacial score (nSPS) is 24.9. The molecule has 0 radical (unpaired) electrons. The molecule has 218 valence electrons. The van der Waals surface area contributed by atoms with Crippen LogP contribution in [0.15, 0.2) is 48.9 Å². The molecule has 1 saturated heterocycles. The predicted molar refractivity (Wildman–Crippen MR) is 145 cm³/mol. The Morgan fingerprint density at radius 2 is 1.83 bits per heavy atom. The predicted octanol–water partition coefficient (Wildman–Crippen LogP) is 5.30. The highest BCUT2D eigenvalue weighted by Gasteiger charge is 2.46. The number of aliphatic carboxylic acids is 1. The van der Waals surface area contributed by atoms with Gasteiger partial charge in [-0.25, -0.2) is 19.3 Å². The van der Waals surface area contributed by atoms with Crippen LogP contribution in [0.25, 0.3) is 16.8 Å². The lowest BCUT2D eigenvalue weighted by Gasteiger charge is -2.35. The second kappa shape index (κ2) is 10.3. The first kappa shape index (κ1) is 26.7. The van der Waals surface area contributed by atoms with Crippen molar-refractivity contribution in [2.75, 3.05) is 25.1 Å². The van der Waals surface area contributed by atoms with Gasteiger partial charge in [-0.15, -0.1) is 0 Å². The van der Waals surface area contributed by atoms with Crippen LogP contribution in [-0.2, 0) is 9.53 Å². The molecule has 3 aliphatic rings. The maximum Gasteiger partial charge on any atom is 0.387 e. The van der Waals surface area contributed by atoms with E-state index in [0.29, 0.717) is 47.9 Å². The van der Waals surface area contributed by atoms with Crippen molar-refractivity contribution >= 4 is 17.6 Å². The minimum Gasteiger partial charge on any atom is -0.481 e. The zero-order valence-electron chi connectivity index (χ0n) is 22.7. The van der Waals surface area contributed by atoms with Crippen molar-refractivity contribution in [3.63, 3.8) is 0 Å². The third-order valence-corrected chi connectivity index (χ3v) is 9.01. The molecular weight excluding hydrogens is 551 g/mol. The topological polar surface area (TPSA) is 102 Å². The van der Waals surface area contributed by atoms with Crippen LogP contribution in [0.4, 0.5) is 19.1 Å². The SMILES string of the molecule is CO[C@@H]1C[C@H](c2ccccc2OC(F)F)c2c1nc1cc(F)c(-c3cnc(N4CC5CCC(C4)C5C(=O)O)nc3)cn21. The summed E-state index contributed by atoms with van der Waals surface area (Å²) in [5.41, 5.74) is 3.00. The van der Waals surface area contributed by atoms with E-state index in [2.05, 4.69) is 15.0 Å². The van der Waals surface area contributed by atoms with Gasteiger partial charge in [-0.05, 0) is 37.2 Å². The van der Waals surface area contributed by atoms with Crippen molar-refractivity contribution in [2.24, 2.45) is 17.8 Å². The number of ether oxygens (including phenoxy) is 2. The number of benzene rings is 1. The van der Waals surface area contributed by atoms with Gasteiger partial charge < -0.3 is 23.9 Å². The van der Waals surface area contributed by atoms with E-state index < -0.39 is 24.5 Å². The van der Waals surface area contributed by atoms with Gasteiger partial charge >= 0.3 is 12.6 Å². The van der Waals surface area contributed by atoms with E-state index in [9.17, 15) is 18.7 Å². The highest BCUT2D eigenvalue weighted by atomic mass is 19.3. The number of fused-ring (bicyclic) bond motifs is 5. The van der Waals surface area contributed by atoms with Crippen molar-refractivity contribution in [3.05, 3.63) is 71.7 Å². The first-order valence-corrected chi connectivity index (χ1v) is 13.9. The van der Waals surface area contributed by atoms with Crippen molar-refractivity contribution < 1.29 is 32.5 Å². The standard InChI is InChI=1S/C30H28F3N5O4/c1-41-23-8-19(18-4-2-3-5-22(18)42-29(32)33)27-26(23)36-24-9-21(31)20(14-38(24)27)17-10-34-30(35-11-17)37-12-15-6-7-16(13-37)25(15)28(39)40/h2-5,9-11,14-16,19,23,25,29H,6-8,12-13H2,1H3,(H,39,40)/t15?,16?,19-,23-,25?/m1/s1. The molecule has 42 heavy (non-hydrogen) atoms. The van der Waals surface area contributed by atoms with E-state index in [0.717, 1.165) is 18.5 Å². The molecule has 1 aromatic carbocycles.